The van der Waals surface area contributed by atoms with E-state index in [1.54, 1.807) is 0 Å². The van der Waals surface area contributed by atoms with Crippen molar-refractivity contribution in [2.24, 2.45) is 11.1 Å². The van der Waals surface area contributed by atoms with Gasteiger partial charge in [-0.3, -0.25) is 0 Å². The molecule has 0 aliphatic heterocycles. The van der Waals surface area contributed by atoms with Gasteiger partial charge in [0.2, 0.25) is 10.0 Å². The molecule has 1 aliphatic carbocycles. The molecule has 0 saturated heterocycles. The molecule has 2 rings (SSSR count). The summed E-state index contributed by atoms with van der Waals surface area (Å²) in [7, 11) is -4.00. The van der Waals surface area contributed by atoms with Crippen LogP contribution >= 0.6 is 0 Å². The van der Waals surface area contributed by atoms with E-state index in [1.807, 2.05) is 6.92 Å². The third-order valence-corrected chi connectivity index (χ3v) is 5.44. The lowest BCUT2D eigenvalue weighted by atomic mass is 10.0. The topological polar surface area (TPSA) is 72.2 Å². The predicted molar refractivity (Wildman–Crippen MR) is 76.0 cm³/mol. The van der Waals surface area contributed by atoms with Crippen LogP contribution in [-0.4, -0.2) is 15.0 Å². The minimum atomic E-state index is -4.00. The van der Waals surface area contributed by atoms with Crippen LogP contribution in [0.1, 0.15) is 38.2 Å². The molecule has 0 spiro atoms. The van der Waals surface area contributed by atoms with Crippen molar-refractivity contribution in [2.45, 2.75) is 44.0 Å². The van der Waals surface area contributed by atoms with Crippen molar-refractivity contribution in [2.75, 3.05) is 6.54 Å². The second-order valence-corrected chi connectivity index (χ2v) is 7.35. The largest absolute Gasteiger partial charge is 0.326 e. The highest BCUT2D eigenvalue weighted by Gasteiger charge is 2.42. The maximum absolute atomic E-state index is 14.1. The number of nitrogens with two attached hydrogens (primary N) is 1. The van der Waals surface area contributed by atoms with Crippen LogP contribution in [0.5, 0.6) is 0 Å². The average molecular weight is 318 g/mol. The van der Waals surface area contributed by atoms with E-state index < -0.39 is 32.1 Å². The molecule has 0 radical (unpaired) electrons. The Bertz CT molecular complexity index is 628. The molecule has 1 aromatic carbocycles. The molecule has 4 nitrogen and oxygen atoms in total. The van der Waals surface area contributed by atoms with Crippen molar-refractivity contribution < 1.29 is 17.2 Å². The molecule has 0 bridgehead atoms. The van der Waals surface area contributed by atoms with Crippen molar-refractivity contribution in [3.8, 4) is 0 Å². The quantitative estimate of drug-likeness (QED) is 0.810. The van der Waals surface area contributed by atoms with Gasteiger partial charge in [-0.2, -0.15) is 0 Å². The highest BCUT2D eigenvalue weighted by molar-refractivity contribution is 7.89. The molecular formula is C14H20F2N2O2S. The molecule has 0 atom stereocenters. The van der Waals surface area contributed by atoms with Crippen LogP contribution in [0.3, 0.4) is 0 Å². The number of nitrogens with one attached hydrogen (secondary N) is 1. The minimum absolute atomic E-state index is 0.00895. The summed E-state index contributed by atoms with van der Waals surface area (Å²) < 4.78 is 54.3. The van der Waals surface area contributed by atoms with Gasteiger partial charge in [-0.25, -0.2) is 21.9 Å². The normalized spacial score (nSPS) is 17.0. The van der Waals surface area contributed by atoms with Gasteiger partial charge >= 0.3 is 0 Å². The summed E-state index contributed by atoms with van der Waals surface area (Å²) in [4.78, 5) is -0.545. The Labute approximate surface area is 123 Å². The Hall–Kier alpha value is -1.05. The zero-order valence-electron chi connectivity index (χ0n) is 12.0. The molecule has 0 unspecified atom stereocenters. The second-order valence-electron chi connectivity index (χ2n) is 5.62. The van der Waals surface area contributed by atoms with Crippen LogP contribution in [0.4, 0.5) is 8.78 Å². The Morgan fingerprint density at radius 3 is 2.52 bits per heavy atom. The SMILES string of the molecule is CCCC1(CNS(=O)(=O)c2ccc(F)c(CN)c2F)CC1. The Balaban J connectivity index is 2.20. The first-order valence-corrected chi connectivity index (χ1v) is 8.50. The molecular weight excluding hydrogens is 298 g/mol. The molecule has 0 heterocycles. The number of hydrogen-bond donors (Lipinski definition) is 2. The monoisotopic (exact) mass is 318 g/mol. The van der Waals surface area contributed by atoms with E-state index >= 15 is 0 Å². The molecule has 7 heteroatoms. The summed E-state index contributed by atoms with van der Waals surface area (Å²) in [6, 6.07) is 1.87. The number of rotatable bonds is 7. The van der Waals surface area contributed by atoms with E-state index in [9.17, 15) is 17.2 Å². The van der Waals surface area contributed by atoms with Gasteiger partial charge in [0.15, 0.2) is 5.82 Å². The standard InChI is InChI=1S/C14H20F2N2O2S/c1-2-5-14(6-7-14)9-18-21(19,20)12-4-3-11(15)10(8-17)13(12)16/h3-4,18H,2,5-9,17H2,1H3. The molecule has 118 valence electrons. The maximum Gasteiger partial charge on any atom is 0.243 e. The first-order valence-electron chi connectivity index (χ1n) is 7.02. The fourth-order valence-electron chi connectivity index (χ4n) is 2.52. The zero-order valence-corrected chi connectivity index (χ0v) is 12.8. The van der Waals surface area contributed by atoms with Crippen molar-refractivity contribution >= 4 is 10.0 Å². The average Bonchev–Trinajstić information content (AvgIpc) is 3.18. The first-order chi connectivity index (χ1) is 9.85. The van der Waals surface area contributed by atoms with Gasteiger partial charge in [-0.15, -0.1) is 0 Å². The van der Waals surface area contributed by atoms with E-state index in [0.29, 0.717) is 0 Å². The molecule has 21 heavy (non-hydrogen) atoms. The summed E-state index contributed by atoms with van der Waals surface area (Å²) in [5.74, 6) is -1.94. The Kier molecular flexibility index (Phi) is 4.65. The molecule has 1 saturated carbocycles. The lowest BCUT2D eigenvalue weighted by molar-refractivity contribution is 0.447. The van der Waals surface area contributed by atoms with Gasteiger partial charge in [-0.05, 0) is 36.8 Å². The van der Waals surface area contributed by atoms with Crippen LogP contribution in [0.2, 0.25) is 0 Å². The Morgan fingerprint density at radius 1 is 1.33 bits per heavy atom. The second kappa shape index (κ2) is 5.98. The van der Waals surface area contributed by atoms with Crippen molar-refractivity contribution in [1.29, 1.82) is 0 Å². The predicted octanol–water partition coefficient (Wildman–Crippen LogP) is 2.28. The number of sulfonamides is 1. The van der Waals surface area contributed by atoms with Gasteiger partial charge in [0, 0.05) is 18.7 Å². The fraction of sp³-hybridized carbons (Fsp3) is 0.571. The third kappa shape index (κ3) is 3.41. The van der Waals surface area contributed by atoms with Crippen LogP contribution < -0.4 is 10.5 Å². The summed E-state index contributed by atoms with van der Waals surface area (Å²) >= 11 is 0. The van der Waals surface area contributed by atoms with Crippen molar-refractivity contribution in [3.63, 3.8) is 0 Å². The number of halogens is 2. The van der Waals surface area contributed by atoms with Gasteiger partial charge in [0.25, 0.3) is 0 Å². The zero-order chi connectivity index (χ0) is 15.7. The van der Waals surface area contributed by atoms with Gasteiger partial charge in [-0.1, -0.05) is 13.3 Å². The van der Waals surface area contributed by atoms with E-state index in [1.165, 1.54) is 0 Å². The van der Waals surface area contributed by atoms with E-state index in [0.717, 1.165) is 37.8 Å². The van der Waals surface area contributed by atoms with Crippen LogP contribution in [-0.2, 0) is 16.6 Å². The highest BCUT2D eigenvalue weighted by Crippen LogP contribution is 2.49. The maximum atomic E-state index is 14.1. The van der Waals surface area contributed by atoms with E-state index in [2.05, 4.69) is 4.72 Å². The molecule has 1 aliphatic rings. The summed E-state index contributed by atoms with van der Waals surface area (Å²) in [6.45, 7) is 1.94. The number of benzene rings is 1. The fourth-order valence-corrected chi connectivity index (χ4v) is 3.78. The number of hydrogen-bond acceptors (Lipinski definition) is 3. The van der Waals surface area contributed by atoms with Crippen LogP contribution in [0.25, 0.3) is 0 Å². The lowest BCUT2D eigenvalue weighted by Crippen LogP contribution is -2.31. The molecule has 0 amide bonds. The van der Waals surface area contributed by atoms with Crippen LogP contribution in [0.15, 0.2) is 17.0 Å². The summed E-state index contributed by atoms with van der Waals surface area (Å²) in [6.07, 6.45) is 3.87. The Morgan fingerprint density at radius 2 is 2.00 bits per heavy atom. The van der Waals surface area contributed by atoms with Crippen molar-refractivity contribution in [3.05, 3.63) is 29.3 Å². The van der Waals surface area contributed by atoms with E-state index in [4.69, 9.17) is 5.73 Å². The highest BCUT2D eigenvalue weighted by atomic mass is 32.2. The molecule has 1 fully saturated rings. The minimum Gasteiger partial charge on any atom is -0.326 e. The molecule has 0 aromatic heterocycles. The van der Waals surface area contributed by atoms with Crippen LogP contribution in [0, 0.1) is 17.0 Å². The summed E-state index contributed by atoms with van der Waals surface area (Å²) in [5, 5.41) is 0. The van der Waals surface area contributed by atoms with Gasteiger partial charge < -0.3 is 5.73 Å². The summed E-state index contributed by atoms with van der Waals surface area (Å²) in [5.41, 5.74) is 4.86. The van der Waals surface area contributed by atoms with Gasteiger partial charge in [0.1, 0.15) is 10.7 Å². The van der Waals surface area contributed by atoms with Gasteiger partial charge in [0.05, 0.1) is 0 Å². The smallest absolute Gasteiger partial charge is 0.243 e. The first kappa shape index (κ1) is 16.3. The molecule has 1 aromatic rings. The molecule has 3 N–H and O–H groups in total. The third-order valence-electron chi connectivity index (χ3n) is 4.02. The van der Waals surface area contributed by atoms with Crippen molar-refractivity contribution in [1.82, 2.24) is 4.72 Å². The van der Waals surface area contributed by atoms with E-state index in [-0.39, 0.29) is 18.5 Å². The lowest BCUT2D eigenvalue weighted by Gasteiger charge is -2.16.